The van der Waals surface area contributed by atoms with Crippen LogP contribution in [0, 0.1) is 5.82 Å². The molecular formula is C8H6FN3O2. The van der Waals surface area contributed by atoms with Crippen LogP contribution in [0.2, 0.25) is 0 Å². The van der Waals surface area contributed by atoms with Gasteiger partial charge in [-0.15, -0.1) is 0 Å². The number of carbonyl (C=O) groups is 1. The molecular weight excluding hydrogens is 189 g/mol. The Hall–Kier alpha value is -2.07. The normalized spacial score (nSPS) is 9.00. The summed E-state index contributed by atoms with van der Waals surface area (Å²) in [4.78, 5) is 13.5. The van der Waals surface area contributed by atoms with Gasteiger partial charge >= 0.3 is 5.97 Å². The van der Waals surface area contributed by atoms with Crippen LogP contribution in [0.1, 0.15) is 10.4 Å². The van der Waals surface area contributed by atoms with Crippen molar-refractivity contribution in [1.82, 2.24) is 0 Å². The first-order chi connectivity index (χ1) is 6.69. The van der Waals surface area contributed by atoms with Crippen molar-refractivity contribution in [1.29, 1.82) is 0 Å². The molecule has 1 aromatic carbocycles. The number of hydrogen-bond acceptors (Lipinski definition) is 3. The predicted octanol–water partition coefficient (Wildman–Crippen LogP) is 2.55. The van der Waals surface area contributed by atoms with Gasteiger partial charge in [0, 0.05) is 10.6 Å². The second kappa shape index (κ2) is 4.25. The number of esters is 1. The zero-order valence-corrected chi connectivity index (χ0v) is 7.27. The lowest BCUT2D eigenvalue weighted by molar-refractivity contribution is 0.0595. The highest BCUT2D eigenvalue weighted by Crippen LogP contribution is 2.18. The molecule has 1 rings (SSSR count). The number of methoxy groups -OCH3 is 1. The molecule has 1 aromatic rings. The molecule has 0 saturated carbocycles. The van der Waals surface area contributed by atoms with Crippen molar-refractivity contribution < 1.29 is 13.9 Å². The molecule has 0 saturated heterocycles. The van der Waals surface area contributed by atoms with Crippen molar-refractivity contribution in [2.24, 2.45) is 5.11 Å². The number of halogens is 1. The van der Waals surface area contributed by atoms with Crippen molar-refractivity contribution in [3.63, 3.8) is 0 Å². The third-order valence-corrected chi connectivity index (χ3v) is 1.52. The van der Waals surface area contributed by atoms with Gasteiger partial charge in [-0.2, -0.15) is 0 Å². The molecule has 0 heterocycles. The molecule has 0 aliphatic rings. The van der Waals surface area contributed by atoms with Crippen molar-refractivity contribution in [2.45, 2.75) is 0 Å². The number of ether oxygens (including phenoxy) is 1. The summed E-state index contributed by atoms with van der Waals surface area (Å²) < 4.78 is 17.3. The van der Waals surface area contributed by atoms with E-state index in [4.69, 9.17) is 5.53 Å². The van der Waals surface area contributed by atoms with Gasteiger partial charge in [-0.1, -0.05) is 5.11 Å². The minimum absolute atomic E-state index is 0.161. The molecule has 0 aromatic heterocycles. The number of hydrogen-bond donors (Lipinski definition) is 0. The first-order valence-electron chi connectivity index (χ1n) is 3.62. The van der Waals surface area contributed by atoms with Crippen LogP contribution in [0.5, 0.6) is 0 Å². The average molecular weight is 195 g/mol. The standard InChI is InChI=1S/C8H6FN3O2/c1-14-8(13)6-4-5(11-12-10)2-3-7(6)9/h2-4H,1H3. The summed E-state index contributed by atoms with van der Waals surface area (Å²) in [5.74, 6) is -1.52. The first kappa shape index (κ1) is 10.0. The lowest BCUT2D eigenvalue weighted by atomic mass is 10.2. The lowest BCUT2D eigenvalue weighted by Crippen LogP contribution is -2.03. The van der Waals surface area contributed by atoms with E-state index in [1.807, 2.05) is 0 Å². The van der Waals surface area contributed by atoms with E-state index >= 15 is 0 Å². The van der Waals surface area contributed by atoms with E-state index < -0.39 is 11.8 Å². The molecule has 0 amide bonds. The summed E-state index contributed by atoms with van der Waals surface area (Å²) >= 11 is 0. The van der Waals surface area contributed by atoms with Gasteiger partial charge < -0.3 is 4.74 Å². The largest absolute Gasteiger partial charge is 0.465 e. The van der Waals surface area contributed by atoms with E-state index in [0.717, 1.165) is 19.2 Å². The summed E-state index contributed by atoms with van der Waals surface area (Å²) in [5.41, 5.74) is 8.03. The van der Waals surface area contributed by atoms with Crippen LogP contribution in [0.4, 0.5) is 10.1 Å². The third kappa shape index (κ3) is 1.99. The molecule has 0 N–H and O–H groups in total. The van der Waals surface area contributed by atoms with Crippen LogP contribution in [0.25, 0.3) is 10.4 Å². The van der Waals surface area contributed by atoms with Crippen LogP contribution >= 0.6 is 0 Å². The topological polar surface area (TPSA) is 75.1 Å². The van der Waals surface area contributed by atoms with Crippen molar-refractivity contribution in [2.75, 3.05) is 7.11 Å². The summed E-state index contributed by atoms with van der Waals surface area (Å²) in [5, 5.41) is 3.23. The van der Waals surface area contributed by atoms with Gasteiger partial charge in [-0.05, 0) is 23.7 Å². The summed E-state index contributed by atoms with van der Waals surface area (Å²) in [6.45, 7) is 0. The summed E-state index contributed by atoms with van der Waals surface area (Å²) in [7, 11) is 1.14. The second-order valence-corrected chi connectivity index (χ2v) is 2.35. The first-order valence-corrected chi connectivity index (χ1v) is 3.62. The van der Waals surface area contributed by atoms with Gasteiger partial charge in [0.15, 0.2) is 0 Å². The molecule has 0 unspecified atom stereocenters. The smallest absolute Gasteiger partial charge is 0.340 e. The Labute approximate surface area is 78.7 Å². The Kier molecular flexibility index (Phi) is 3.04. The monoisotopic (exact) mass is 195 g/mol. The highest BCUT2D eigenvalue weighted by Gasteiger charge is 2.11. The molecule has 0 radical (unpaired) electrons. The average Bonchev–Trinajstić information content (AvgIpc) is 2.20. The maximum Gasteiger partial charge on any atom is 0.340 e. The van der Waals surface area contributed by atoms with Gasteiger partial charge in [0.25, 0.3) is 0 Å². The van der Waals surface area contributed by atoms with Gasteiger partial charge in [-0.25, -0.2) is 9.18 Å². The quantitative estimate of drug-likeness (QED) is 0.314. The van der Waals surface area contributed by atoms with Crippen LogP contribution in [-0.2, 0) is 4.74 Å². The molecule has 72 valence electrons. The molecule has 0 aliphatic heterocycles. The molecule has 14 heavy (non-hydrogen) atoms. The molecule has 0 aliphatic carbocycles. The maximum atomic E-state index is 13.0. The van der Waals surface area contributed by atoms with Crippen LogP contribution in [0.15, 0.2) is 23.3 Å². The second-order valence-electron chi connectivity index (χ2n) is 2.35. The highest BCUT2D eigenvalue weighted by atomic mass is 19.1. The Morgan fingerprint density at radius 3 is 2.93 bits per heavy atom. The van der Waals surface area contributed by atoms with Gasteiger partial charge in [0.05, 0.1) is 12.7 Å². The van der Waals surface area contributed by atoms with Crippen molar-refractivity contribution in [3.8, 4) is 0 Å². The zero-order valence-electron chi connectivity index (χ0n) is 7.27. The van der Waals surface area contributed by atoms with Crippen LogP contribution < -0.4 is 0 Å². The minimum Gasteiger partial charge on any atom is -0.465 e. The Balaban J connectivity index is 3.20. The van der Waals surface area contributed by atoms with Crippen molar-refractivity contribution in [3.05, 3.63) is 40.0 Å². The van der Waals surface area contributed by atoms with E-state index in [-0.39, 0.29) is 11.3 Å². The summed E-state index contributed by atoms with van der Waals surface area (Å²) in [6, 6.07) is 3.43. The van der Waals surface area contributed by atoms with Crippen molar-refractivity contribution >= 4 is 11.7 Å². The number of nitrogens with zero attached hydrogens (tertiary/aromatic N) is 3. The Morgan fingerprint density at radius 2 is 2.36 bits per heavy atom. The summed E-state index contributed by atoms with van der Waals surface area (Å²) in [6.07, 6.45) is 0. The highest BCUT2D eigenvalue weighted by molar-refractivity contribution is 5.90. The zero-order chi connectivity index (χ0) is 10.6. The van der Waals surface area contributed by atoms with Crippen LogP contribution in [-0.4, -0.2) is 13.1 Å². The fraction of sp³-hybridized carbons (Fsp3) is 0.125. The third-order valence-electron chi connectivity index (χ3n) is 1.52. The van der Waals surface area contributed by atoms with Crippen LogP contribution in [0.3, 0.4) is 0 Å². The van der Waals surface area contributed by atoms with Gasteiger partial charge in [0.2, 0.25) is 0 Å². The SMILES string of the molecule is COC(=O)c1cc(N=[N+]=[N-])ccc1F. The number of rotatable bonds is 2. The molecule has 0 spiro atoms. The van der Waals surface area contributed by atoms with Gasteiger partial charge in [0.1, 0.15) is 5.82 Å². The minimum atomic E-state index is -0.808. The fourth-order valence-electron chi connectivity index (χ4n) is 0.893. The molecule has 5 nitrogen and oxygen atoms in total. The van der Waals surface area contributed by atoms with E-state index in [0.29, 0.717) is 0 Å². The predicted molar refractivity (Wildman–Crippen MR) is 46.5 cm³/mol. The number of azide groups is 1. The van der Waals surface area contributed by atoms with E-state index in [1.165, 1.54) is 6.07 Å². The molecule has 0 bridgehead atoms. The molecule has 0 fully saturated rings. The van der Waals surface area contributed by atoms with Gasteiger partial charge in [-0.3, -0.25) is 0 Å². The Morgan fingerprint density at radius 1 is 1.64 bits per heavy atom. The Bertz CT molecular complexity index is 413. The van der Waals surface area contributed by atoms with E-state index in [1.54, 1.807) is 0 Å². The number of carbonyl (C=O) groups excluding carboxylic acids is 1. The maximum absolute atomic E-state index is 13.0. The molecule has 0 atom stereocenters. The van der Waals surface area contributed by atoms with E-state index in [2.05, 4.69) is 14.8 Å². The van der Waals surface area contributed by atoms with E-state index in [9.17, 15) is 9.18 Å². The fourth-order valence-corrected chi connectivity index (χ4v) is 0.893. The molecule has 6 heteroatoms. The number of benzene rings is 1. The lowest BCUT2D eigenvalue weighted by Gasteiger charge is -2.01.